The minimum absolute atomic E-state index is 0.244. The third-order valence-corrected chi connectivity index (χ3v) is 4.46. The summed E-state index contributed by atoms with van der Waals surface area (Å²) in [6, 6.07) is 10.7. The predicted molar refractivity (Wildman–Crippen MR) is 85.0 cm³/mol. The lowest BCUT2D eigenvalue weighted by Crippen LogP contribution is -2.29. The van der Waals surface area contributed by atoms with Gasteiger partial charge >= 0.3 is 0 Å². The van der Waals surface area contributed by atoms with Crippen LogP contribution in [0.1, 0.15) is 21.5 Å². The number of carbonyl (C=O) groups excluding carboxylic acids is 1. The summed E-state index contributed by atoms with van der Waals surface area (Å²) in [7, 11) is -3.66. The molecule has 1 aliphatic heterocycles. The zero-order chi connectivity index (χ0) is 16.6. The molecule has 2 aromatic carbocycles. The van der Waals surface area contributed by atoms with Gasteiger partial charge in [0.1, 0.15) is 5.82 Å². The Morgan fingerprint density at radius 2 is 2.00 bits per heavy atom. The Labute approximate surface area is 133 Å². The first-order chi connectivity index (χ1) is 10.8. The third kappa shape index (κ3) is 3.40. The van der Waals surface area contributed by atoms with Crippen molar-refractivity contribution in [1.82, 2.24) is 0 Å². The monoisotopic (exact) mass is 334 g/mol. The van der Waals surface area contributed by atoms with E-state index in [1.165, 1.54) is 18.2 Å². The van der Waals surface area contributed by atoms with Crippen molar-refractivity contribution in [3.05, 3.63) is 65.0 Å². The first-order valence-electron chi connectivity index (χ1n) is 7.03. The molecule has 0 radical (unpaired) electrons. The lowest BCUT2D eigenvalue weighted by Gasteiger charge is -2.17. The van der Waals surface area contributed by atoms with E-state index in [9.17, 15) is 17.6 Å². The van der Waals surface area contributed by atoms with Gasteiger partial charge in [-0.3, -0.25) is 4.79 Å². The van der Waals surface area contributed by atoms with Gasteiger partial charge in [-0.2, -0.15) is 0 Å². The second kappa shape index (κ2) is 5.75. The Hall–Kier alpha value is -2.25. The molecule has 3 rings (SSSR count). The number of rotatable bonds is 3. The van der Waals surface area contributed by atoms with E-state index in [4.69, 9.17) is 5.14 Å². The number of primary sulfonamides is 1. The van der Waals surface area contributed by atoms with Crippen LogP contribution in [0.25, 0.3) is 0 Å². The van der Waals surface area contributed by atoms with Crippen molar-refractivity contribution in [3.8, 4) is 0 Å². The Kier molecular flexibility index (Phi) is 3.91. The number of nitrogens with two attached hydrogens (primary N) is 1. The summed E-state index contributed by atoms with van der Waals surface area (Å²) < 4.78 is 35.6. The molecule has 120 valence electrons. The Morgan fingerprint density at radius 1 is 1.22 bits per heavy atom. The summed E-state index contributed by atoms with van der Waals surface area (Å²) in [5.74, 6) is -0.893. The molecule has 1 aliphatic rings. The standard InChI is InChI=1S/C16H15FN2O3S/c17-14-4-5-15-12(9-14)6-7-19(15)16(20)13-3-1-2-11(8-13)10-23(18,21)22/h1-5,8-9H,6-7,10H2,(H2,18,21,22). The molecule has 23 heavy (non-hydrogen) atoms. The van der Waals surface area contributed by atoms with Crippen molar-refractivity contribution in [2.75, 3.05) is 11.4 Å². The molecule has 2 N–H and O–H groups in total. The first-order valence-corrected chi connectivity index (χ1v) is 8.75. The van der Waals surface area contributed by atoms with Gasteiger partial charge in [0.15, 0.2) is 0 Å². The van der Waals surface area contributed by atoms with Crippen LogP contribution in [-0.4, -0.2) is 20.9 Å². The van der Waals surface area contributed by atoms with Gasteiger partial charge in [-0.25, -0.2) is 17.9 Å². The summed E-state index contributed by atoms with van der Waals surface area (Å²) in [5, 5.41) is 5.03. The lowest BCUT2D eigenvalue weighted by molar-refractivity contribution is 0.0989. The van der Waals surface area contributed by atoms with Gasteiger partial charge in [-0.05, 0) is 47.9 Å². The highest BCUT2D eigenvalue weighted by Gasteiger charge is 2.26. The van der Waals surface area contributed by atoms with Crippen molar-refractivity contribution < 1.29 is 17.6 Å². The van der Waals surface area contributed by atoms with E-state index in [0.29, 0.717) is 29.8 Å². The van der Waals surface area contributed by atoms with E-state index < -0.39 is 10.0 Å². The van der Waals surface area contributed by atoms with E-state index in [0.717, 1.165) is 5.56 Å². The highest BCUT2D eigenvalue weighted by molar-refractivity contribution is 7.88. The number of hydrogen-bond acceptors (Lipinski definition) is 3. The van der Waals surface area contributed by atoms with Crippen LogP contribution in [0.3, 0.4) is 0 Å². The second-order valence-electron chi connectivity index (χ2n) is 5.49. The highest BCUT2D eigenvalue weighted by Crippen LogP contribution is 2.30. The quantitative estimate of drug-likeness (QED) is 0.930. The normalized spacial score (nSPS) is 13.9. The maximum Gasteiger partial charge on any atom is 0.258 e. The average molecular weight is 334 g/mol. The molecule has 1 amide bonds. The molecule has 0 bridgehead atoms. The van der Waals surface area contributed by atoms with Crippen LogP contribution in [0.5, 0.6) is 0 Å². The van der Waals surface area contributed by atoms with Gasteiger partial charge in [-0.15, -0.1) is 0 Å². The van der Waals surface area contributed by atoms with E-state index >= 15 is 0 Å². The van der Waals surface area contributed by atoms with Crippen LogP contribution in [0.2, 0.25) is 0 Å². The molecule has 0 unspecified atom stereocenters. The minimum atomic E-state index is -3.66. The van der Waals surface area contributed by atoms with Crippen molar-refractivity contribution in [1.29, 1.82) is 0 Å². The number of hydrogen-bond donors (Lipinski definition) is 1. The molecular formula is C16H15FN2O3S. The number of sulfonamides is 1. The topological polar surface area (TPSA) is 80.5 Å². The van der Waals surface area contributed by atoms with Crippen LogP contribution >= 0.6 is 0 Å². The molecule has 5 nitrogen and oxygen atoms in total. The van der Waals surface area contributed by atoms with Crippen molar-refractivity contribution in [2.45, 2.75) is 12.2 Å². The van der Waals surface area contributed by atoms with Crippen molar-refractivity contribution in [3.63, 3.8) is 0 Å². The Morgan fingerprint density at radius 3 is 2.74 bits per heavy atom. The second-order valence-corrected chi connectivity index (χ2v) is 7.10. The highest BCUT2D eigenvalue weighted by atomic mass is 32.2. The molecule has 1 heterocycles. The van der Waals surface area contributed by atoms with Crippen LogP contribution < -0.4 is 10.0 Å². The van der Waals surface area contributed by atoms with Crippen LogP contribution in [-0.2, 0) is 22.2 Å². The summed E-state index contributed by atoms with van der Waals surface area (Å²) in [4.78, 5) is 14.2. The average Bonchev–Trinajstić information content (AvgIpc) is 2.87. The first kappa shape index (κ1) is 15.6. The molecular weight excluding hydrogens is 319 g/mol. The number of benzene rings is 2. The van der Waals surface area contributed by atoms with E-state index in [2.05, 4.69) is 0 Å². The molecule has 0 spiro atoms. The molecule has 0 aromatic heterocycles. The summed E-state index contributed by atoms with van der Waals surface area (Å²) in [6.07, 6.45) is 0.593. The van der Waals surface area contributed by atoms with Gasteiger partial charge < -0.3 is 4.90 Å². The van der Waals surface area contributed by atoms with Crippen LogP contribution in [0, 0.1) is 5.82 Å². The fourth-order valence-electron chi connectivity index (χ4n) is 2.76. The molecule has 0 atom stereocenters. The number of amides is 1. The van der Waals surface area contributed by atoms with Gasteiger partial charge in [-0.1, -0.05) is 12.1 Å². The summed E-state index contributed by atoms with van der Waals surface area (Å²) >= 11 is 0. The number of halogens is 1. The summed E-state index contributed by atoms with van der Waals surface area (Å²) in [5.41, 5.74) is 2.31. The number of anilines is 1. The van der Waals surface area contributed by atoms with Gasteiger partial charge in [0.2, 0.25) is 10.0 Å². The molecule has 0 aliphatic carbocycles. The van der Waals surface area contributed by atoms with E-state index in [1.54, 1.807) is 29.2 Å². The largest absolute Gasteiger partial charge is 0.308 e. The zero-order valence-electron chi connectivity index (χ0n) is 12.2. The Bertz CT molecular complexity index is 881. The number of fused-ring (bicyclic) bond motifs is 1. The SMILES string of the molecule is NS(=O)(=O)Cc1cccc(C(=O)N2CCc3cc(F)ccc32)c1. The lowest BCUT2D eigenvalue weighted by atomic mass is 10.1. The molecule has 0 saturated carbocycles. The van der Waals surface area contributed by atoms with Crippen molar-refractivity contribution >= 4 is 21.6 Å². The zero-order valence-corrected chi connectivity index (χ0v) is 13.0. The van der Waals surface area contributed by atoms with Gasteiger partial charge in [0.05, 0.1) is 5.75 Å². The fraction of sp³-hybridized carbons (Fsp3) is 0.188. The molecule has 7 heteroatoms. The van der Waals surface area contributed by atoms with E-state index in [-0.39, 0.29) is 17.5 Å². The van der Waals surface area contributed by atoms with Gasteiger partial charge in [0.25, 0.3) is 5.91 Å². The Balaban J connectivity index is 1.89. The van der Waals surface area contributed by atoms with Crippen molar-refractivity contribution in [2.24, 2.45) is 5.14 Å². The van der Waals surface area contributed by atoms with Gasteiger partial charge in [0, 0.05) is 17.8 Å². The number of nitrogens with zero attached hydrogens (tertiary/aromatic N) is 1. The minimum Gasteiger partial charge on any atom is -0.308 e. The molecule has 0 fully saturated rings. The number of carbonyl (C=O) groups is 1. The third-order valence-electron chi connectivity index (χ3n) is 3.72. The smallest absolute Gasteiger partial charge is 0.258 e. The van der Waals surface area contributed by atoms with Crippen LogP contribution in [0.4, 0.5) is 10.1 Å². The van der Waals surface area contributed by atoms with Crippen LogP contribution in [0.15, 0.2) is 42.5 Å². The van der Waals surface area contributed by atoms with E-state index in [1.807, 2.05) is 0 Å². The predicted octanol–water partition coefficient (Wildman–Crippen LogP) is 1.82. The maximum atomic E-state index is 13.3. The summed E-state index contributed by atoms with van der Waals surface area (Å²) in [6.45, 7) is 0.469. The fourth-order valence-corrected chi connectivity index (χ4v) is 3.41. The molecule has 0 saturated heterocycles. The molecule has 2 aromatic rings. The maximum absolute atomic E-state index is 13.3.